The first kappa shape index (κ1) is 13.9. The van der Waals surface area contributed by atoms with Crippen LogP contribution >= 0.6 is 0 Å². The van der Waals surface area contributed by atoms with Crippen LogP contribution in [-0.2, 0) is 11.3 Å². The molecule has 2 aromatic rings. The lowest BCUT2D eigenvalue weighted by molar-refractivity contribution is -0.120. The standard InChI is InChI=1S/C14H17N7O2/c1-20-11-6-10(8-2-3-8)19-21(11)5-4-9(14(20)23)17-13(22)12-15-7-16-18-12/h6-9H,2-5H2,1H3,(H,17,22)(H,15,16,18)/t9-/m1/s1. The number of nitrogens with zero attached hydrogens (tertiary/aromatic N) is 5. The van der Waals surface area contributed by atoms with E-state index in [1.165, 1.54) is 19.2 Å². The third-order valence-electron chi connectivity index (χ3n) is 4.31. The van der Waals surface area contributed by atoms with Crippen molar-refractivity contribution in [3.05, 3.63) is 23.9 Å². The normalized spacial score (nSPS) is 21.0. The van der Waals surface area contributed by atoms with E-state index in [-0.39, 0.29) is 11.7 Å². The Hall–Kier alpha value is -2.71. The summed E-state index contributed by atoms with van der Waals surface area (Å²) in [7, 11) is 1.71. The van der Waals surface area contributed by atoms with Crippen molar-refractivity contribution in [3.8, 4) is 0 Å². The van der Waals surface area contributed by atoms with Crippen molar-refractivity contribution in [2.24, 2.45) is 0 Å². The molecule has 1 aliphatic heterocycles. The van der Waals surface area contributed by atoms with Crippen LogP contribution < -0.4 is 10.2 Å². The molecule has 0 radical (unpaired) electrons. The van der Waals surface area contributed by atoms with Crippen LogP contribution in [-0.4, -0.2) is 49.9 Å². The minimum atomic E-state index is -0.608. The SMILES string of the molecule is CN1C(=O)[C@H](NC(=O)c2ncn[nH]2)CCn2nc(C3CC3)cc21. The van der Waals surface area contributed by atoms with Gasteiger partial charge in [-0.25, -0.2) is 9.67 Å². The van der Waals surface area contributed by atoms with Crippen LogP contribution in [0.2, 0.25) is 0 Å². The molecule has 0 saturated heterocycles. The van der Waals surface area contributed by atoms with E-state index in [4.69, 9.17) is 0 Å². The predicted molar refractivity (Wildman–Crippen MR) is 79.9 cm³/mol. The zero-order chi connectivity index (χ0) is 16.0. The molecule has 23 heavy (non-hydrogen) atoms. The number of aromatic nitrogens is 5. The molecule has 2 N–H and O–H groups in total. The molecule has 3 heterocycles. The van der Waals surface area contributed by atoms with Gasteiger partial charge in [-0.1, -0.05) is 0 Å². The molecule has 120 valence electrons. The molecule has 1 fully saturated rings. The number of likely N-dealkylation sites (N-methyl/N-ethyl adjacent to an activating group) is 1. The number of carbonyl (C=O) groups excluding carboxylic acids is 2. The number of nitrogens with one attached hydrogen (secondary N) is 2. The second-order valence-corrected chi connectivity index (χ2v) is 5.97. The van der Waals surface area contributed by atoms with Gasteiger partial charge in [-0.05, 0) is 19.3 Å². The number of amides is 2. The smallest absolute Gasteiger partial charge is 0.289 e. The van der Waals surface area contributed by atoms with E-state index in [9.17, 15) is 9.59 Å². The topological polar surface area (TPSA) is 109 Å². The second kappa shape index (κ2) is 5.18. The third kappa shape index (κ3) is 2.47. The van der Waals surface area contributed by atoms with Crippen LogP contribution in [0.4, 0.5) is 5.82 Å². The molecule has 9 nitrogen and oxygen atoms in total. The Labute approximate surface area is 132 Å². The number of hydrogen-bond acceptors (Lipinski definition) is 5. The van der Waals surface area contributed by atoms with E-state index in [1.807, 2.05) is 10.7 Å². The molecule has 2 aromatic heterocycles. The van der Waals surface area contributed by atoms with Crippen molar-refractivity contribution in [3.63, 3.8) is 0 Å². The summed E-state index contributed by atoms with van der Waals surface area (Å²) in [6.07, 6.45) is 4.08. The Morgan fingerprint density at radius 1 is 1.39 bits per heavy atom. The van der Waals surface area contributed by atoms with E-state index in [0.29, 0.717) is 18.9 Å². The highest BCUT2D eigenvalue weighted by molar-refractivity contribution is 6.00. The molecule has 1 aliphatic carbocycles. The Balaban J connectivity index is 1.53. The second-order valence-electron chi connectivity index (χ2n) is 5.97. The Morgan fingerprint density at radius 2 is 2.22 bits per heavy atom. The molecule has 0 bridgehead atoms. The minimum Gasteiger partial charge on any atom is -0.337 e. The van der Waals surface area contributed by atoms with Gasteiger partial charge >= 0.3 is 0 Å². The van der Waals surface area contributed by atoms with E-state index in [2.05, 4.69) is 25.6 Å². The van der Waals surface area contributed by atoms with Gasteiger partial charge in [0.25, 0.3) is 11.8 Å². The maximum absolute atomic E-state index is 12.6. The number of aromatic amines is 1. The minimum absolute atomic E-state index is 0.0958. The van der Waals surface area contributed by atoms with Crippen LogP contribution in [0, 0.1) is 0 Å². The molecule has 1 saturated carbocycles. The predicted octanol–water partition coefficient (Wildman–Crippen LogP) is 0.0437. The third-order valence-corrected chi connectivity index (χ3v) is 4.31. The van der Waals surface area contributed by atoms with Gasteiger partial charge in [0, 0.05) is 25.6 Å². The average Bonchev–Trinajstić information content (AvgIpc) is 3.12. The Morgan fingerprint density at radius 3 is 2.91 bits per heavy atom. The van der Waals surface area contributed by atoms with Crippen molar-refractivity contribution in [1.29, 1.82) is 0 Å². The van der Waals surface area contributed by atoms with Crippen molar-refractivity contribution in [2.45, 2.75) is 37.8 Å². The van der Waals surface area contributed by atoms with E-state index in [1.54, 1.807) is 11.9 Å². The number of carbonyl (C=O) groups is 2. The molecule has 1 atom stereocenters. The van der Waals surface area contributed by atoms with Gasteiger partial charge in [0.05, 0.1) is 5.69 Å². The number of rotatable bonds is 3. The molecular formula is C14H17N7O2. The molecule has 2 aliphatic rings. The zero-order valence-electron chi connectivity index (χ0n) is 12.7. The first-order valence-corrected chi connectivity index (χ1v) is 7.65. The molecule has 0 spiro atoms. The summed E-state index contributed by atoms with van der Waals surface area (Å²) in [5.74, 6) is 0.831. The van der Waals surface area contributed by atoms with Crippen molar-refractivity contribution >= 4 is 17.6 Å². The molecule has 9 heteroatoms. The summed E-state index contributed by atoms with van der Waals surface area (Å²) in [4.78, 5) is 30.1. The van der Waals surface area contributed by atoms with Crippen LogP contribution in [0.25, 0.3) is 0 Å². The highest BCUT2D eigenvalue weighted by Crippen LogP contribution is 2.40. The summed E-state index contributed by atoms with van der Waals surface area (Å²) in [6, 6.07) is 1.37. The van der Waals surface area contributed by atoms with Crippen LogP contribution in [0.15, 0.2) is 12.4 Å². The highest BCUT2D eigenvalue weighted by Gasteiger charge is 2.33. The number of hydrogen-bond donors (Lipinski definition) is 2. The lowest BCUT2D eigenvalue weighted by Crippen LogP contribution is -2.47. The summed E-state index contributed by atoms with van der Waals surface area (Å²) in [5.41, 5.74) is 1.06. The van der Waals surface area contributed by atoms with Gasteiger partial charge in [-0.15, -0.1) is 0 Å². The first-order chi connectivity index (χ1) is 11.1. The first-order valence-electron chi connectivity index (χ1n) is 7.65. The maximum Gasteiger partial charge on any atom is 0.289 e. The summed E-state index contributed by atoms with van der Waals surface area (Å²) >= 11 is 0. The molecule has 0 aromatic carbocycles. The van der Waals surface area contributed by atoms with E-state index in [0.717, 1.165) is 11.5 Å². The lowest BCUT2D eigenvalue weighted by Gasteiger charge is -2.20. The average molecular weight is 315 g/mol. The molecule has 4 rings (SSSR count). The Bertz CT molecular complexity index is 747. The van der Waals surface area contributed by atoms with E-state index < -0.39 is 11.9 Å². The number of aryl methyl sites for hydroxylation is 1. The van der Waals surface area contributed by atoms with Crippen molar-refractivity contribution < 1.29 is 9.59 Å². The fraction of sp³-hybridized carbons (Fsp3) is 0.500. The number of anilines is 1. The van der Waals surface area contributed by atoms with Gasteiger partial charge < -0.3 is 5.32 Å². The fourth-order valence-electron chi connectivity index (χ4n) is 2.84. The quantitative estimate of drug-likeness (QED) is 0.831. The number of fused-ring (bicyclic) bond motifs is 1. The van der Waals surface area contributed by atoms with Gasteiger partial charge in [0.1, 0.15) is 18.2 Å². The van der Waals surface area contributed by atoms with Gasteiger partial charge in [0.2, 0.25) is 5.82 Å². The maximum atomic E-state index is 12.6. The lowest BCUT2D eigenvalue weighted by atomic mass is 10.2. The van der Waals surface area contributed by atoms with Crippen LogP contribution in [0.1, 0.15) is 41.5 Å². The van der Waals surface area contributed by atoms with Gasteiger partial charge in [-0.3, -0.25) is 19.6 Å². The number of H-pyrrole nitrogens is 1. The highest BCUT2D eigenvalue weighted by atomic mass is 16.2. The van der Waals surface area contributed by atoms with Crippen molar-refractivity contribution in [2.75, 3.05) is 11.9 Å². The van der Waals surface area contributed by atoms with Gasteiger partial charge in [-0.2, -0.15) is 10.2 Å². The Kier molecular flexibility index (Phi) is 3.14. The van der Waals surface area contributed by atoms with Crippen LogP contribution in [0.3, 0.4) is 0 Å². The van der Waals surface area contributed by atoms with E-state index >= 15 is 0 Å². The van der Waals surface area contributed by atoms with Gasteiger partial charge in [0.15, 0.2) is 0 Å². The summed E-state index contributed by atoms with van der Waals surface area (Å²) in [5, 5.41) is 13.4. The summed E-state index contributed by atoms with van der Waals surface area (Å²) < 4.78 is 1.85. The molecular weight excluding hydrogens is 298 g/mol. The fourth-order valence-corrected chi connectivity index (χ4v) is 2.84. The van der Waals surface area contributed by atoms with Crippen molar-refractivity contribution in [1.82, 2.24) is 30.3 Å². The monoisotopic (exact) mass is 315 g/mol. The zero-order valence-corrected chi connectivity index (χ0v) is 12.7. The largest absolute Gasteiger partial charge is 0.337 e. The molecule has 2 amide bonds. The summed E-state index contributed by atoms with van der Waals surface area (Å²) in [6.45, 7) is 0.583. The molecule has 0 unspecified atom stereocenters. The van der Waals surface area contributed by atoms with Crippen LogP contribution in [0.5, 0.6) is 0 Å².